The second kappa shape index (κ2) is 6.43. The number of piperidine rings is 1. The number of nitrogens with zero attached hydrogens (tertiary/aromatic N) is 1. The van der Waals surface area contributed by atoms with Crippen LogP contribution in [-0.2, 0) is 11.2 Å². The van der Waals surface area contributed by atoms with Crippen molar-refractivity contribution in [2.45, 2.75) is 38.7 Å². The van der Waals surface area contributed by atoms with Gasteiger partial charge in [-0.05, 0) is 31.7 Å². The number of likely N-dealkylation sites (tertiary alicyclic amines) is 1. The maximum Gasteiger partial charge on any atom is 0.410 e. The van der Waals surface area contributed by atoms with Crippen LogP contribution in [0.5, 0.6) is 0 Å². The molecule has 0 aliphatic carbocycles. The van der Waals surface area contributed by atoms with Gasteiger partial charge in [0.25, 0.3) is 0 Å². The highest BCUT2D eigenvalue weighted by Gasteiger charge is 2.19. The third kappa shape index (κ3) is 3.76. The van der Waals surface area contributed by atoms with Gasteiger partial charge in [0.05, 0.1) is 0 Å². The first-order valence-electron chi connectivity index (χ1n) is 6.75. The third-order valence-electron chi connectivity index (χ3n) is 3.28. The Labute approximate surface area is 109 Å². The summed E-state index contributed by atoms with van der Waals surface area (Å²) in [5.41, 5.74) is 1.21. The van der Waals surface area contributed by atoms with E-state index in [9.17, 15) is 4.79 Å². The molecule has 0 spiro atoms. The van der Waals surface area contributed by atoms with E-state index in [4.69, 9.17) is 4.74 Å². The zero-order valence-electron chi connectivity index (χ0n) is 11.0. The fourth-order valence-electron chi connectivity index (χ4n) is 2.31. The van der Waals surface area contributed by atoms with E-state index in [0.717, 1.165) is 32.4 Å². The Morgan fingerprint density at radius 2 is 1.89 bits per heavy atom. The van der Waals surface area contributed by atoms with Crippen molar-refractivity contribution in [1.82, 2.24) is 4.90 Å². The molecule has 1 unspecified atom stereocenters. The van der Waals surface area contributed by atoms with Crippen LogP contribution in [0.2, 0.25) is 0 Å². The van der Waals surface area contributed by atoms with Crippen molar-refractivity contribution in [2.24, 2.45) is 0 Å². The highest BCUT2D eigenvalue weighted by atomic mass is 16.6. The minimum atomic E-state index is -0.155. The molecule has 1 saturated heterocycles. The summed E-state index contributed by atoms with van der Waals surface area (Å²) in [5, 5.41) is 0. The number of ether oxygens (including phenoxy) is 1. The fraction of sp³-hybridized carbons (Fsp3) is 0.533. The topological polar surface area (TPSA) is 29.5 Å². The summed E-state index contributed by atoms with van der Waals surface area (Å²) in [6, 6.07) is 10.1. The Hall–Kier alpha value is -1.51. The summed E-state index contributed by atoms with van der Waals surface area (Å²) in [7, 11) is 0. The molecule has 1 fully saturated rings. The smallest absolute Gasteiger partial charge is 0.410 e. The number of amides is 1. The number of carbonyl (C=O) groups is 1. The molecule has 0 bridgehead atoms. The molecule has 3 nitrogen and oxygen atoms in total. The van der Waals surface area contributed by atoms with Gasteiger partial charge in [0.1, 0.15) is 6.10 Å². The molecule has 0 aromatic heterocycles. The monoisotopic (exact) mass is 247 g/mol. The summed E-state index contributed by atoms with van der Waals surface area (Å²) < 4.78 is 5.48. The minimum Gasteiger partial charge on any atom is -0.446 e. The molecule has 1 aliphatic heterocycles. The second-order valence-corrected chi connectivity index (χ2v) is 4.93. The van der Waals surface area contributed by atoms with Gasteiger partial charge in [0, 0.05) is 19.5 Å². The van der Waals surface area contributed by atoms with Crippen molar-refractivity contribution in [2.75, 3.05) is 13.1 Å². The van der Waals surface area contributed by atoms with Gasteiger partial charge >= 0.3 is 6.09 Å². The van der Waals surface area contributed by atoms with Crippen LogP contribution in [-0.4, -0.2) is 30.2 Å². The van der Waals surface area contributed by atoms with Gasteiger partial charge in [-0.3, -0.25) is 0 Å². The molecule has 0 saturated carbocycles. The predicted molar refractivity (Wildman–Crippen MR) is 71.5 cm³/mol. The highest BCUT2D eigenvalue weighted by molar-refractivity contribution is 5.67. The van der Waals surface area contributed by atoms with Crippen molar-refractivity contribution in [3.05, 3.63) is 35.9 Å². The van der Waals surface area contributed by atoms with Crippen molar-refractivity contribution in [3.8, 4) is 0 Å². The van der Waals surface area contributed by atoms with Gasteiger partial charge in [-0.1, -0.05) is 30.3 Å². The Balaban J connectivity index is 1.79. The molecule has 2 rings (SSSR count). The molecule has 1 aromatic carbocycles. The van der Waals surface area contributed by atoms with Crippen LogP contribution in [0.3, 0.4) is 0 Å². The van der Waals surface area contributed by atoms with E-state index in [1.807, 2.05) is 30.0 Å². The van der Waals surface area contributed by atoms with E-state index in [1.54, 1.807) is 0 Å². The van der Waals surface area contributed by atoms with E-state index in [1.165, 1.54) is 12.0 Å². The normalized spacial score (nSPS) is 17.3. The lowest BCUT2D eigenvalue weighted by atomic mass is 10.1. The summed E-state index contributed by atoms with van der Waals surface area (Å²) in [5.74, 6) is 0. The van der Waals surface area contributed by atoms with Gasteiger partial charge in [-0.15, -0.1) is 0 Å². The summed E-state index contributed by atoms with van der Waals surface area (Å²) in [6.07, 6.45) is 3.98. The van der Waals surface area contributed by atoms with Crippen LogP contribution in [0.15, 0.2) is 30.3 Å². The second-order valence-electron chi connectivity index (χ2n) is 4.93. The van der Waals surface area contributed by atoms with Crippen LogP contribution < -0.4 is 0 Å². The van der Waals surface area contributed by atoms with Crippen LogP contribution in [0.25, 0.3) is 0 Å². The first-order chi connectivity index (χ1) is 8.75. The Bertz CT molecular complexity index is 371. The van der Waals surface area contributed by atoms with Crippen LogP contribution in [0.1, 0.15) is 31.7 Å². The van der Waals surface area contributed by atoms with Crippen LogP contribution in [0, 0.1) is 0 Å². The predicted octanol–water partition coefficient (Wildman–Crippen LogP) is 3.24. The molecule has 1 atom stereocenters. The van der Waals surface area contributed by atoms with E-state index in [0.29, 0.717) is 0 Å². The number of rotatable bonds is 3. The molecule has 0 N–H and O–H groups in total. The quantitative estimate of drug-likeness (QED) is 0.820. The fourth-order valence-corrected chi connectivity index (χ4v) is 2.31. The average molecular weight is 247 g/mol. The van der Waals surface area contributed by atoms with Gasteiger partial charge in [-0.2, -0.15) is 0 Å². The molecule has 3 heteroatoms. The maximum atomic E-state index is 11.9. The van der Waals surface area contributed by atoms with Gasteiger partial charge in [0.15, 0.2) is 0 Å². The SMILES string of the molecule is CC(Cc1ccccc1)OC(=O)N1CCCCC1. The number of hydrogen-bond donors (Lipinski definition) is 0. The van der Waals surface area contributed by atoms with Crippen molar-refractivity contribution in [3.63, 3.8) is 0 Å². The average Bonchev–Trinajstić information content (AvgIpc) is 2.40. The largest absolute Gasteiger partial charge is 0.446 e. The maximum absolute atomic E-state index is 11.9. The number of benzene rings is 1. The van der Waals surface area contributed by atoms with E-state index < -0.39 is 0 Å². The molecule has 98 valence electrons. The highest BCUT2D eigenvalue weighted by Crippen LogP contribution is 2.12. The van der Waals surface area contributed by atoms with E-state index in [-0.39, 0.29) is 12.2 Å². The molecule has 1 heterocycles. The molecule has 0 radical (unpaired) electrons. The van der Waals surface area contributed by atoms with E-state index in [2.05, 4.69) is 12.1 Å². The van der Waals surface area contributed by atoms with Crippen molar-refractivity contribution in [1.29, 1.82) is 0 Å². The van der Waals surface area contributed by atoms with Crippen LogP contribution in [0.4, 0.5) is 4.79 Å². The molecule has 1 aliphatic rings. The Kier molecular flexibility index (Phi) is 4.62. The van der Waals surface area contributed by atoms with Crippen molar-refractivity contribution >= 4 is 6.09 Å². The van der Waals surface area contributed by atoms with Gasteiger partial charge < -0.3 is 9.64 Å². The molecule has 1 amide bonds. The molecular formula is C15H21NO2. The zero-order valence-corrected chi connectivity index (χ0v) is 11.0. The standard InChI is InChI=1S/C15H21NO2/c1-13(12-14-8-4-2-5-9-14)18-15(17)16-10-6-3-7-11-16/h2,4-5,8-9,13H,3,6-7,10-12H2,1H3. The van der Waals surface area contributed by atoms with Crippen LogP contribution >= 0.6 is 0 Å². The summed E-state index contributed by atoms with van der Waals surface area (Å²) >= 11 is 0. The Morgan fingerprint density at radius 1 is 1.22 bits per heavy atom. The molecular weight excluding hydrogens is 226 g/mol. The first kappa shape index (κ1) is 12.9. The number of hydrogen-bond acceptors (Lipinski definition) is 2. The number of carbonyl (C=O) groups excluding carboxylic acids is 1. The minimum absolute atomic E-state index is 0.0678. The first-order valence-corrected chi connectivity index (χ1v) is 6.75. The lowest BCUT2D eigenvalue weighted by Crippen LogP contribution is -2.37. The lowest BCUT2D eigenvalue weighted by Gasteiger charge is -2.27. The molecule has 18 heavy (non-hydrogen) atoms. The summed E-state index contributed by atoms with van der Waals surface area (Å²) in [4.78, 5) is 13.7. The van der Waals surface area contributed by atoms with E-state index >= 15 is 0 Å². The third-order valence-corrected chi connectivity index (χ3v) is 3.28. The Morgan fingerprint density at radius 3 is 2.56 bits per heavy atom. The van der Waals surface area contributed by atoms with Gasteiger partial charge in [0.2, 0.25) is 0 Å². The zero-order chi connectivity index (χ0) is 12.8. The van der Waals surface area contributed by atoms with Crippen molar-refractivity contribution < 1.29 is 9.53 Å². The van der Waals surface area contributed by atoms with Gasteiger partial charge in [-0.25, -0.2) is 4.79 Å². The summed E-state index contributed by atoms with van der Waals surface area (Å²) in [6.45, 7) is 3.64. The molecule has 1 aromatic rings. The lowest BCUT2D eigenvalue weighted by molar-refractivity contribution is 0.0647.